The molecule has 52 valence electrons. The average Bonchev–Trinajstić information content (AvgIpc) is 2.68. The highest BCUT2D eigenvalue weighted by atomic mass is 16.3. The Labute approximate surface area is 59.5 Å². The molecule has 0 aliphatic carbocycles. The summed E-state index contributed by atoms with van der Waals surface area (Å²) >= 11 is 0. The molecule has 0 bridgehead atoms. The van der Waals surface area contributed by atoms with Gasteiger partial charge in [0.05, 0.1) is 0 Å². The Bertz CT molecular complexity index is 243. The number of hydrogen-bond donors (Lipinski definition) is 2. The fourth-order valence-electron chi connectivity index (χ4n) is 1.04. The van der Waals surface area contributed by atoms with Gasteiger partial charge in [0.25, 0.3) is 0 Å². The molecule has 0 aromatic heterocycles. The molecule has 1 aromatic rings. The maximum Gasteiger partial charge on any atom is 0.115 e. The highest BCUT2D eigenvalue weighted by Crippen LogP contribution is 2.23. The number of phenols is 1. The van der Waals surface area contributed by atoms with Crippen LogP contribution in [0.5, 0.6) is 5.75 Å². The van der Waals surface area contributed by atoms with Gasteiger partial charge in [0.2, 0.25) is 0 Å². The van der Waals surface area contributed by atoms with Crippen LogP contribution >= 0.6 is 0 Å². The van der Waals surface area contributed by atoms with Crippen molar-refractivity contribution < 1.29 is 5.11 Å². The van der Waals surface area contributed by atoms with E-state index in [-0.39, 0.29) is 0 Å². The van der Waals surface area contributed by atoms with Gasteiger partial charge in [-0.15, -0.1) is 0 Å². The minimum atomic E-state index is 0.353. The minimum Gasteiger partial charge on any atom is -0.508 e. The number of nitrogens with one attached hydrogen (secondary N) is 1. The molecule has 1 aromatic carbocycles. The highest BCUT2D eigenvalue weighted by Gasteiger charge is 2.21. The molecule has 1 atom stereocenters. The quantitative estimate of drug-likeness (QED) is 0.565. The van der Waals surface area contributed by atoms with E-state index in [9.17, 15) is 0 Å². The zero-order chi connectivity index (χ0) is 6.97. The van der Waals surface area contributed by atoms with Crippen molar-refractivity contribution in [2.24, 2.45) is 0 Å². The first-order valence-electron chi connectivity index (χ1n) is 3.38. The smallest absolute Gasteiger partial charge is 0.115 e. The van der Waals surface area contributed by atoms with Crippen LogP contribution in [0, 0.1) is 0 Å². The molecule has 1 fully saturated rings. The van der Waals surface area contributed by atoms with Gasteiger partial charge in [0.15, 0.2) is 0 Å². The number of aromatic hydroxyl groups is 1. The van der Waals surface area contributed by atoms with Crippen molar-refractivity contribution >= 4 is 0 Å². The molecule has 1 heterocycles. The van der Waals surface area contributed by atoms with Crippen LogP contribution in [0.25, 0.3) is 0 Å². The molecule has 0 saturated carbocycles. The Morgan fingerprint density at radius 1 is 1.50 bits per heavy atom. The number of hydrogen-bond acceptors (Lipinski definition) is 2. The third-order valence-electron chi connectivity index (χ3n) is 1.68. The van der Waals surface area contributed by atoms with E-state index in [1.54, 1.807) is 12.1 Å². The summed E-state index contributed by atoms with van der Waals surface area (Å²) in [6.45, 7) is 1.05. The molecule has 10 heavy (non-hydrogen) atoms. The van der Waals surface area contributed by atoms with Crippen molar-refractivity contribution in [2.45, 2.75) is 6.04 Å². The third kappa shape index (κ3) is 0.977. The fourth-order valence-corrected chi connectivity index (χ4v) is 1.04. The second-order valence-electron chi connectivity index (χ2n) is 2.56. The number of rotatable bonds is 1. The van der Waals surface area contributed by atoms with Crippen LogP contribution in [0.2, 0.25) is 0 Å². The number of phenolic OH excluding ortho intramolecular Hbond substituents is 1. The van der Waals surface area contributed by atoms with Crippen LogP contribution in [-0.2, 0) is 0 Å². The first-order chi connectivity index (χ1) is 4.86. The van der Waals surface area contributed by atoms with Crippen LogP contribution in [0.15, 0.2) is 24.3 Å². The molecular weight excluding hydrogens is 126 g/mol. The van der Waals surface area contributed by atoms with E-state index in [2.05, 4.69) is 5.32 Å². The topological polar surface area (TPSA) is 42.2 Å². The fraction of sp³-hybridized carbons (Fsp3) is 0.250. The molecule has 1 aliphatic heterocycles. The normalized spacial score (nSPS) is 22.6. The predicted octanol–water partition coefficient (Wildman–Crippen LogP) is 1.04. The second-order valence-corrected chi connectivity index (χ2v) is 2.56. The van der Waals surface area contributed by atoms with Gasteiger partial charge in [-0.25, -0.2) is 0 Å². The Morgan fingerprint density at radius 2 is 2.30 bits per heavy atom. The van der Waals surface area contributed by atoms with Crippen molar-refractivity contribution in [3.05, 3.63) is 29.8 Å². The van der Waals surface area contributed by atoms with E-state index in [1.807, 2.05) is 12.1 Å². The van der Waals surface area contributed by atoms with Crippen LogP contribution < -0.4 is 5.32 Å². The molecule has 0 spiro atoms. The second kappa shape index (κ2) is 1.99. The first kappa shape index (κ1) is 5.74. The third-order valence-corrected chi connectivity index (χ3v) is 1.68. The van der Waals surface area contributed by atoms with Crippen molar-refractivity contribution in [1.29, 1.82) is 0 Å². The molecule has 1 aliphatic rings. The standard InChI is InChI=1S/C8H9NO/c10-7-3-1-2-6(4-7)8-5-9-8/h1-4,8-10H,5H2/t8-/m1/s1. The number of benzene rings is 1. The largest absolute Gasteiger partial charge is 0.508 e. The van der Waals surface area contributed by atoms with E-state index < -0.39 is 0 Å². The van der Waals surface area contributed by atoms with Crippen LogP contribution in [0.4, 0.5) is 0 Å². The summed E-state index contributed by atoms with van der Waals surface area (Å²) in [5.74, 6) is 0.353. The van der Waals surface area contributed by atoms with Crippen LogP contribution in [-0.4, -0.2) is 11.7 Å². The minimum absolute atomic E-state index is 0.353. The Morgan fingerprint density at radius 3 is 2.90 bits per heavy atom. The Balaban J connectivity index is 2.32. The summed E-state index contributed by atoms with van der Waals surface area (Å²) in [7, 11) is 0. The van der Waals surface area contributed by atoms with Gasteiger partial charge in [-0.2, -0.15) is 0 Å². The van der Waals surface area contributed by atoms with Gasteiger partial charge in [0.1, 0.15) is 5.75 Å². The summed E-state index contributed by atoms with van der Waals surface area (Å²) < 4.78 is 0. The lowest BCUT2D eigenvalue weighted by atomic mass is 10.1. The molecule has 0 radical (unpaired) electrons. The van der Waals surface area contributed by atoms with Crippen molar-refractivity contribution in [3.63, 3.8) is 0 Å². The summed E-state index contributed by atoms with van der Waals surface area (Å²) in [5.41, 5.74) is 1.18. The van der Waals surface area contributed by atoms with E-state index in [1.165, 1.54) is 5.56 Å². The monoisotopic (exact) mass is 135 g/mol. The molecular formula is C8H9NO. The summed E-state index contributed by atoms with van der Waals surface area (Å²) in [4.78, 5) is 0. The molecule has 2 rings (SSSR count). The molecule has 2 N–H and O–H groups in total. The first-order valence-corrected chi connectivity index (χ1v) is 3.38. The maximum atomic E-state index is 9.06. The van der Waals surface area contributed by atoms with Gasteiger partial charge in [-0.05, 0) is 17.7 Å². The van der Waals surface area contributed by atoms with Crippen molar-refractivity contribution in [2.75, 3.05) is 6.54 Å². The zero-order valence-corrected chi connectivity index (χ0v) is 5.54. The molecule has 2 nitrogen and oxygen atoms in total. The maximum absolute atomic E-state index is 9.06. The SMILES string of the molecule is Oc1cccc([C@H]2CN2)c1. The van der Waals surface area contributed by atoms with Gasteiger partial charge in [-0.3, -0.25) is 0 Å². The van der Waals surface area contributed by atoms with Crippen LogP contribution in [0.3, 0.4) is 0 Å². The van der Waals surface area contributed by atoms with E-state index >= 15 is 0 Å². The van der Waals surface area contributed by atoms with E-state index in [0.29, 0.717) is 11.8 Å². The molecule has 0 unspecified atom stereocenters. The molecule has 0 amide bonds. The Hall–Kier alpha value is -1.02. The summed E-state index contributed by atoms with van der Waals surface area (Å²) in [6.07, 6.45) is 0. The van der Waals surface area contributed by atoms with Crippen LogP contribution in [0.1, 0.15) is 11.6 Å². The van der Waals surface area contributed by atoms with Gasteiger partial charge in [0, 0.05) is 12.6 Å². The lowest BCUT2D eigenvalue weighted by Gasteiger charge is -1.95. The van der Waals surface area contributed by atoms with Gasteiger partial charge in [-0.1, -0.05) is 12.1 Å². The van der Waals surface area contributed by atoms with Gasteiger partial charge >= 0.3 is 0 Å². The summed E-state index contributed by atoms with van der Waals surface area (Å²) in [5, 5.41) is 12.2. The van der Waals surface area contributed by atoms with Gasteiger partial charge < -0.3 is 10.4 Å². The average molecular weight is 135 g/mol. The predicted molar refractivity (Wildman–Crippen MR) is 38.9 cm³/mol. The van der Waals surface area contributed by atoms with Crippen molar-refractivity contribution in [3.8, 4) is 5.75 Å². The Kier molecular flexibility index (Phi) is 1.14. The van der Waals surface area contributed by atoms with E-state index in [0.717, 1.165) is 6.54 Å². The lowest BCUT2D eigenvalue weighted by molar-refractivity contribution is 0.474. The summed E-state index contributed by atoms with van der Waals surface area (Å²) in [6, 6.07) is 7.86. The molecule has 2 heteroatoms. The lowest BCUT2D eigenvalue weighted by Crippen LogP contribution is -1.81. The zero-order valence-electron chi connectivity index (χ0n) is 5.54. The van der Waals surface area contributed by atoms with Crippen molar-refractivity contribution in [1.82, 2.24) is 5.32 Å². The molecule has 1 saturated heterocycles. The highest BCUT2D eigenvalue weighted by molar-refractivity contribution is 5.31. The van der Waals surface area contributed by atoms with E-state index in [4.69, 9.17) is 5.11 Å².